The summed E-state index contributed by atoms with van der Waals surface area (Å²) in [6, 6.07) is 6.36. The molecule has 0 aliphatic rings. The third kappa shape index (κ3) is 4.79. The second kappa shape index (κ2) is 7.76. The minimum Gasteiger partial charge on any atom is -0.329 e. The lowest BCUT2D eigenvalue weighted by Gasteiger charge is -2.08. The number of hydrazone groups is 1. The maximum absolute atomic E-state index is 13.3. The molecule has 0 saturated carbocycles. The van der Waals surface area contributed by atoms with E-state index in [0.29, 0.717) is 11.6 Å². The van der Waals surface area contributed by atoms with Crippen LogP contribution < -0.4 is 10.7 Å². The second-order valence-corrected chi connectivity index (χ2v) is 4.31. The lowest BCUT2D eigenvalue weighted by Crippen LogP contribution is -2.24. The largest absolute Gasteiger partial charge is 0.329 e. The zero-order valence-electron chi connectivity index (χ0n) is 10.6. The zero-order valence-corrected chi connectivity index (χ0v) is 11.4. The molecule has 0 unspecified atom stereocenters. The van der Waals surface area contributed by atoms with Crippen LogP contribution in [0.25, 0.3) is 0 Å². The van der Waals surface area contributed by atoms with Gasteiger partial charge in [0.2, 0.25) is 0 Å². The van der Waals surface area contributed by atoms with Crippen molar-refractivity contribution in [3.8, 4) is 0 Å². The highest BCUT2D eigenvalue weighted by atomic mass is 32.1. The molecule has 98 valence electrons. The number of hydrogen-bond acceptors (Lipinski definition) is 2. The lowest BCUT2D eigenvalue weighted by molar-refractivity contribution is 0.632. The van der Waals surface area contributed by atoms with Crippen molar-refractivity contribution in [2.24, 2.45) is 11.0 Å². The predicted molar refractivity (Wildman–Crippen MR) is 78.3 cm³/mol. The fourth-order valence-electron chi connectivity index (χ4n) is 1.41. The van der Waals surface area contributed by atoms with E-state index in [-0.39, 0.29) is 10.9 Å². The van der Waals surface area contributed by atoms with Gasteiger partial charge in [-0.15, -0.1) is 0 Å². The van der Waals surface area contributed by atoms with E-state index in [1.165, 1.54) is 6.07 Å². The van der Waals surface area contributed by atoms with Crippen LogP contribution in [-0.2, 0) is 0 Å². The third-order valence-electron chi connectivity index (χ3n) is 2.62. The Balaban J connectivity index is 2.45. The topological polar surface area (TPSA) is 36.4 Å². The first-order valence-corrected chi connectivity index (χ1v) is 6.42. The average molecular weight is 267 g/mol. The van der Waals surface area contributed by atoms with Gasteiger partial charge in [-0.2, -0.15) is 5.10 Å². The fourth-order valence-corrected chi connectivity index (χ4v) is 1.58. The van der Waals surface area contributed by atoms with Crippen molar-refractivity contribution >= 4 is 29.2 Å². The SMILES string of the molecule is CCC(/C=N\NC(=S)Nc1ccccc1F)CC. The van der Waals surface area contributed by atoms with Crippen LogP contribution in [-0.4, -0.2) is 11.3 Å². The van der Waals surface area contributed by atoms with Crippen molar-refractivity contribution < 1.29 is 4.39 Å². The summed E-state index contributed by atoms with van der Waals surface area (Å²) in [5.41, 5.74) is 3.02. The van der Waals surface area contributed by atoms with Crippen LogP contribution in [0.4, 0.5) is 10.1 Å². The van der Waals surface area contributed by atoms with Crippen LogP contribution >= 0.6 is 12.2 Å². The number of para-hydroxylation sites is 1. The van der Waals surface area contributed by atoms with Crippen molar-refractivity contribution in [2.45, 2.75) is 26.7 Å². The van der Waals surface area contributed by atoms with Crippen molar-refractivity contribution in [2.75, 3.05) is 5.32 Å². The van der Waals surface area contributed by atoms with Crippen LogP contribution in [0.15, 0.2) is 29.4 Å². The monoisotopic (exact) mass is 267 g/mol. The van der Waals surface area contributed by atoms with Crippen molar-refractivity contribution in [3.63, 3.8) is 0 Å². The molecule has 0 saturated heterocycles. The third-order valence-corrected chi connectivity index (χ3v) is 2.82. The first-order valence-electron chi connectivity index (χ1n) is 6.02. The first-order chi connectivity index (χ1) is 8.67. The number of nitrogens with zero attached hydrogens (tertiary/aromatic N) is 1. The quantitative estimate of drug-likeness (QED) is 0.487. The van der Waals surface area contributed by atoms with Crippen LogP contribution in [0, 0.1) is 11.7 Å². The van der Waals surface area contributed by atoms with Gasteiger partial charge in [-0.1, -0.05) is 26.0 Å². The number of thiocarbonyl (C=S) groups is 1. The molecule has 1 aromatic rings. The van der Waals surface area contributed by atoms with E-state index in [0.717, 1.165) is 12.8 Å². The Hall–Kier alpha value is -1.49. The van der Waals surface area contributed by atoms with Gasteiger partial charge in [-0.3, -0.25) is 5.43 Å². The van der Waals surface area contributed by atoms with E-state index in [1.54, 1.807) is 18.2 Å². The van der Waals surface area contributed by atoms with Crippen molar-refractivity contribution in [3.05, 3.63) is 30.1 Å². The van der Waals surface area contributed by atoms with Crippen LogP contribution in [0.5, 0.6) is 0 Å². The molecule has 0 atom stereocenters. The molecule has 2 N–H and O–H groups in total. The number of halogens is 1. The van der Waals surface area contributed by atoms with Gasteiger partial charge in [0, 0.05) is 6.21 Å². The smallest absolute Gasteiger partial charge is 0.191 e. The van der Waals surface area contributed by atoms with E-state index < -0.39 is 0 Å². The summed E-state index contributed by atoms with van der Waals surface area (Å²) < 4.78 is 13.3. The van der Waals surface area contributed by atoms with Crippen LogP contribution in [0.1, 0.15) is 26.7 Å². The van der Waals surface area contributed by atoms with Gasteiger partial charge in [0.15, 0.2) is 5.11 Å². The van der Waals surface area contributed by atoms with Crippen molar-refractivity contribution in [1.29, 1.82) is 0 Å². The average Bonchev–Trinajstić information content (AvgIpc) is 2.37. The summed E-state index contributed by atoms with van der Waals surface area (Å²) in [4.78, 5) is 0. The van der Waals surface area contributed by atoms with E-state index >= 15 is 0 Å². The highest BCUT2D eigenvalue weighted by Gasteiger charge is 2.02. The maximum Gasteiger partial charge on any atom is 0.191 e. The Morgan fingerprint density at radius 2 is 2.06 bits per heavy atom. The molecule has 0 aliphatic heterocycles. The molecule has 0 spiro atoms. The summed E-state index contributed by atoms with van der Waals surface area (Å²) in [5, 5.41) is 7.07. The number of nitrogens with one attached hydrogen (secondary N) is 2. The summed E-state index contributed by atoms with van der Waals surface area (Å²) >= 11 is 5.02. The van der Waals surface area contributed by atoms with E-state index in [4.69, 9.17) is 12.2 Å². The maximum atomic E-state index is 13.3. The van der Waals surface area contributed by atoms with E-state index in [1.807, 2.05) is 6.21 Å². The Morgan fingerprint density at radius 1 is 1.39 bits per heavy atom. The van der Waals surface area contributed by atoms with Gasteiger partial charge >= 0.3 is 0 Å². The van der Waals surface area contributed by atoms with Gasteiger partial charge in [0.05, 0.1) is 5.69 Å². The molecule has 1 rings (SSSR count). The molecule has 0 aliphatic carbocycles. The van der Waals surface area contributed by atoms with E-state index in [9.17, 15) is 4.39 Å². The van der Waals surface area contributed by atoms with Gasteiger partial charge in [0.1, 0.15) is 5.82 Å². The molecule has 5 heteroatoms. The van der Waals surface area contributed by atoms with Gasteiger partial charge in [-0.05, 0) is 43.1 Å². The molecule has 0 amide bonds. The molecule has 0 aromatic heterocycles. The van der Waals surface area contributed by atoms with Gasteiger partial charge in [0.25, 0.3) is 0 Å². The highest BCUT2D eigenvalue weighted by molar-refractivity contribution is 7.80. The van der Waals surface area contributed by atoms with Crippen molar-refractivity contribution in [1.82, 2.24) is 5.43 Å². The Morgan fingerprint density at radius 3 is 2.67 bits per heavy atom. The van der Waals surface area contributed by atoms with Gasteiger partial charge in [-0.25, -0.2) is 4.39 Å². The van der Waals surface area contributed by atoms with E-state index in [2.05, 4.69) is 29.7 Å². The molecule has 1 aromatic carbocycles. The minimum atomic E-state index is -0.342. The van der Waals surface area contributed by atoms with Crippen LogP contribution in [0.2, 0.25) is 0 Å². The number of benzene rings is 1. The first kappa shape index (κ1) is 14.6. The minimum absolute atomic E-state index is 0.280. The molecule has 0 bridgehead atoms. The molecular formula is C13H18FN3S. The fraction of sp³-hybridized carbons (Fsp3) is 0.385. The molecule has 0 radical (unpaired) electrons. The molecule has 18 heavy (non-hydrogen) atoms. The zero-order chi connectivity index (χ0) is 13.4. The molecule has 0 heterocycles. The number of anilines is 1. The summed E-state index contributed by atoms with van der Waals surface area (Å²) in [6.45, 7) is 4.21. The predicted octanol–water partition coefficient (Wildman–Crippen LogP) is 3.53. The Kier molecular flexibility index (Phi) is 6.28. The standard InChI is InChI=1S/C13H18FN3S/c1-3-10(4-2)9-15-17-13(18)16-12-8-6-5-7-11(12)14/h5-10H,3-4H2,1-2H3,(H2,16,17,18)/b15-9-. The molecule has 3 nitrogen and oxygen atoms in total. The Bertz CT molecular complexity index is 416. The highest BCUT2D eigenvalue weighted by Crippen LogP contribution is 2.11. The Labute approximate surface area is 112 Å². The normalized spacial score (nSPS) is 10.9. The molecule has 0 fully saturated rings. The lowest BCUT2D eigenvalue weighted by atomic mass is 10.1. The van der Waals surface area contributed by atoms with Crippen LogP contribution in [0.3, 0.4) is 0 Å². The summed E-state index contributed by atoms with van der Waals surface area (Å²) in [6.07, 6.45) is 3.90. The number of rotatable bonds is 5. The second-order valence-electron chi connectivity index (χ2n) is 3.90. The van der Waals surface area contributed by atoms with Gasteiger partial charge < -0.3 is 5.32 Å². The summed E-state index contributed by atoms with van der Waals surface area (Å²) in [5.74, 6) is 0.0967. The summed E-state index contributed by atoms with van der Waals surface area (Å²) in [7, 11) is 0. The molecular weight excluding hydrogens is 249 g/mol. The number of hydrogen-bond donors (Lipinski definition) is 2.